The summed E-state index contributed by atoms with van der Waals surface area (Å²) in [6, 6.07) is 22.3. The summed E-state index contributed by atoms with van der Waals surface area (Å²) in [5.41, 5.74) is 8.17. The van der Waals surface area contributed by atoms with Crippen molar-refractivity contribution in [2.45, 2.75) is 58.6 Å². The van der Waals surface area contributed by atoms with Crippen LogP contribution in [0.25, 0.3) is 21.9 Å². The van der Waals surface area contributed by atoms with Gasteiger partial charge in [0, 0.05) is 31.1 Å². The maximum atomic E-state index is 13.1. The number of anilines is 1. The van der Waals surface area contributed by atoms with E-state index in [2.05, 4.69) is 15.6 Å². The number of nitrogens with two attached hydrogens (primary N) is 1. The number of aromatic nitrogens is 1. The molecule has 3 amide bonds. The number of rotatable bonds is 27. The van der Waals surface area contributed by atoms with Crippen molar-refractivity contribution in [3.05, 3.63) is 90.1 Å². The van der Waals surface area contributed by atoms with Gasteiger partial charge in [-0.25, -0.2) is 9.78 Å². The summed E-state index contributed by atoms with van der Waals surface area (Å²) in [6.45, 7) is 11.7. The van der Waals surface area contributed by atoms with Gasteiger partial charge < -0.3 is 49.5 Å². The molecule has 0 radical (unpaired) electrons. The van der Waals surface area contributed by atoms with Gasteiger partial charge in [-0.15, -0.1) is 0 Å². The van der Waals surface area contributed by atoms with E-state index in [0.29, 0.717) is 83.8 Å². The van der Waals surface area contributed by atoms with Gasteiger partial charge in [0.15, 0.2) is 0 Å². The quantitative estimate of drug-likeness (QED) is 0.0490. The predicted octanol–water partition coefficient (Wildman–Crippen LogP) is 5.67. The Kier molecular flexibility index (Phi) is 21.2. The molecule has 1 heterocycles. The predicted molar refractivity (Wildman–Crippen MR) is 240 cm³/mol. The molecule has 0 unspecified atom stereocenters. The number of carbonyl (C=O) groups is 4. The lowest BCUT2D eigenvalue weighted by Crippen LogP contribution is -2.40. The Labute approximate surface area is 370 Å². The number of hydrogen-bond acceptors (Lipinski definition) is 13. The van der Waals surface area contributed by atoms with Gasteiger partial charge in [-0.1, -0.05) is 54.6 Å². The molecule has 4 aromatic rings. The van der Waals surface area contributed by atoms with Gasteiger partial charge in [0.1, 0.15) is 23.8 Å². The third-order valence-corrected chi connectivity index (χ3v) is 9.33. The van der Waals surface area contributed by atoms with Crippen molar-refractivity contribution in [1.82, 2.24) is 15.6 Å². The highest BCUT2D eigenvalue weighted by molar-refractivity contribution is 6.00. The monoisotopic (exact) mass is 873 g/mol. The van der Waals surface area contributed by atoms with Gasteiger partial charge >= 0.3 is 12.1 Å². The Morgan fingerprint density at radius 1 is 0.778 bits per heavy atom. The van der Waals surface area contributed by atoms with E-state index in [0.717, 1.165) is 33.2 Å². The van der Waals surface area contributed by atoms with E-state index in [-0.39, 0.29) is 31.8 Å². The SMILES string of the molecule is COC(=O)C[C@H](NC(=O)CNC(=O)CCCN(C(=O)OC(C)(C)C)c1cc(C)ccn1)c1ccc(-c2ccc(OCCOCCOCCOCCOCCN)c3ccccc23)cc1. The zero-order chi connectivity index (χ0) is 45.5. The summed E-state index contributed by atoms with van der Waals surface area (Å²) >= 11 is 0. The minimum atomic E-state index is -0.720. The second-order valence-corrected chi connectivity index (χ2v) is 15.5. The molecule has 0 aliphatic rings. The summed E-state index contributed by atoms with van der Waals surface area (Å²) in [5.74, 6) is -0.218. The fourth-order valence-electron chi connectivity index (χ4n) is 6.30. The van der Waals surface area contributed by atoms with Crippen molar-refractivity contribution in [3.63, 3.8) is 0 Å². The van der Waals surface area contributed by atoms with Crippen LogP contribution in [0.5, 0.6) is 5.75 Å². The Balaban J connectivity index is 1.27. The van der Waals surface area contributed by atoms with Crippen LogP contribution >= 0.6 is 0 Å². The number of fused-ring (bicyclic) bond motifs is 1. The van der Waals surface area contributed by atoms with Crippen LogP contribution in [0.1, 0.15) is 57.2 Å². The van der Waals surface area contributed by atoms with Crippen LogP contribution < -0.4 is 26.0 Å². The highest BCUT2D eigenvalue weighted by Gasteiger charge is 2.25. The van der Waals surface area contributed by atoms with Crippen molar-refractivity contribution in [2.75, 3.05) is 91.1 Å². The molecule has 16 nitrogen and oxygen atoms in total. The smallest absolute Gasteiger partial charge is 0.416 e. The topological polar surface area (TPSA) is 199 Å². The average Bonchev–Trinajstić information content (AvgIpc) is 3.26. The number of methoxy groups -OCH3 is 1. The second-order valence-electron chi connectivity index (χ2n) is 15.5. The standard InChI is InChI=1S/C47H63N5O11/c1-34-18-20-49-42(31-34)52(46(56)63-47(2,3)4)21-8-11-43(53)50-33-44(54)51-40(32-45(55)57-5)36-14-12-35(13-15-36)37-16-17-41(39-10-7-6-9-38(37)39)62-30-29-61-28-27-60-26-25-59-24-23-58-22-19-48/h6-7,9-10,12-18,20,31,40H,8,11,19,21-30,32-33,48H2,1-5H3,(H,50,53)(H,51,54)/t40-/m0/s1. The van der Waals surface area contributed by atoms with Crippen LogP contribution in [0.2, 0.25) is 0 Å². The number of nitrogens with one attached hydrogen (secondary N) is 2. The summed E-state index contributed by atoms with van der Waals surface area (Å²) in [6.07, 6.45) is 1.26. The first-order chi connectivity index (χ1) is 30.4. The summed E-state index contributed by atoms with van der Waals surface area (Å²) in [7, 11) is 1.29. The van der Waals surface area contributed by atoms with Gasteiger partial charge in [0.25, 0.3) is 0 Å². The lowest BCUT2D eigenvalue weighted by Gasteiger charge is -2.27. The largest absolute Gasteiger partial charge is 0.491 e. The van der Waals surface area contributed by atoms with Gasteiger partial charge in [-0.3, -0.25) is 19.3 Å². The van der Waals surface area contributed by atoms with Crippen LogP contribution in [-0.2, 0) is 42.8 Å². The first kappa shape index (κ1) is 50.0. The van der Waals surface area contributed by atoms with Crippen LogP contribution in [0.15, 0.2) is 79.0 Å². The van der Waals surface area contributed by atoms with Crippen molar-refractivity contribution in [2.24, 2.45) is 5.73 Å². The lowest BCUT2D eigenvalue weighted by molar-refractivity contribution is -0.141. The molecule has 16 heteroatoms. The number of ether oxygens (including phenoxy) is 7. The molecule has 0 aliphatic carbocycles. The third-order valence-electron chi connectivity index (χ3n) is 9.33. The number of amides is 3. The van der Waals surface area contributed by atoms with Crippen molar-refractivity contribution in [3.8, 4) is 16.9 Å². The second kappa shape index (κ2) is 26.7. The fraction of sp³-hybridized carbons (Fsp3) is 0.468. The van der Waals surface area contributed by atoms with Crippen molar-refractivity contribution >= 4 is 40.5 Å². The van der Waals surface area contributed by atoms with Crippen molar-refractivity contribution in [1.29, 1.82) is 0 Å². The first-order valence-electron chi connectivity index (χ1n) is 21.2. The first-order valence-corrected chi connectivity index (χ1v) is 21.2. The third kappa shape index (κ3) is 17.9. The number of esters is 1. The van der Waals surface area contributed by atoms with E-state index in [1.54, 1.807) is 33.0 Å². The normalized spacial score (nSPS) is 11.8. The van der Waals surface area contributed by atoms with E-state index < -0.39 is 29.6 Å². The van der Waals surface area contributed by atoms with E-state index >= 15 is 0 Å². The van der Waals surface area contributed by atoms with E-state index in [4.69, 9.17) is 38.9 Å². The summed E-state index contributed by atoms with van der Waals surface area (Å²) < 4.78 is 38.5. The average molecular weight is 874 g/mol. The number of nitrogens with zero attached hydrogens (tertiary/aromatic N) is 2. The Hall–Kier alpha value is -5.65. The molecule has 4 N–H and O–H groups in total. The van der Waals surface area contributed by atoms with Gasteiger partial charge in [0.2, 0.25) is 11.8 Å². The van der Waals surface area contributed by atoms with Gasteiger partial charge in [0.05, 0.1) is 79.0 Å². The molecular weight excluding hydrogens is 811 g/mol. The molecule has 0 bridgehead atoms. The zero-order valence-corrected chi connectivity index (χ0v) is 37.2. The number of pyridine rings is 1. The van der Waals surface area contributed by atoms with E-state index in [1.807, 2.05) is 73.7 Å². The Morgan fingerprint density at radius 2 is 1.41 bits per heavy atom. The summed E-state index contributed by atoms with van der Waals surface area (Å²) in [4.78, 5) is 57.1. The van der Waals surface area contributed by atoms with E-state index in [1.165, 1.54) is 12.0 Å². The number of aryl methyl sites for hydroxylation is 1. The Morgan fingerprint density at radius 3 is 2.03 bits per heavy atom. The summed E-state index contributed by atoms with van der Waals surface area (Å²) in [5, 5.41) is 7.43. The molecular formula is C47H63N5O11. The molecule has 0 spiro atoms. The van der Waals surface area contributed by atoms with Crippen molar-refractivity contribution < 1.29 is 52.3 Å². The molecule has 1 aromatic heterocycles. The molecule has 0 saturated carbocycles. The number of carbonyl (C=O) groups excluding carboxylic acids is 4. The number of hydrogen-bond donors (Lipinski definition) is 3. The number of benzene rings is 3. The van der Waals surface area contributed by atoms with Crippen LogP contribution in [0, 0.1) is 6.92 Å². The molecule has 63 heavy (non-hydrogen) atoms. The van der Waals surface area contributed by atoms with Gasteiger partial charge in [-0.2, -0.15) is 0 Å². The lowest BCUT2D eigenvalue weighted by atomic mass is 9.95. The molecule has 3 aromatic carbocycles. The van der Waals surface area contributed by atoms with Crippen LogP contribution in [0.3, 0.4) is 0 Å². The zero-order valence-electron chi connectivity index (χ0n) is 37.2. The molecule has 0 aliphatic heterocycles. The molecule has 1 atom stereocenters. The highest BCUT2D eigenvalue weighted by atomic mass is 16.6. The Bertz CT molecular complexity index is 2040. The fourth-order valence-corrected chi connectivity index (χ4v) is 6.30. The van der Waals surface area contributed by atoms with E-state index in [9.17, 15) is 19.2 Å². The van der Waals surface area contributed by atoms with Crippen LogP contribution in [0.4, 0.5) is 10.6 Å². The minimum absolute atomic E-state index is 0.0447. The van der Waals surface area contributed by atoms with Crippen LogP contribution in [-0.4, -0.2) is 121 Å². The maximum Gasteiger partial charge on any atom is 0.416 e. The molecule has 0 saturated heterocycles. The highest BCUT2D eigenvalue weighted by Crippen LogP contribution is 2.35. The minimum Gasteiger partial charge on any atom is -0.491 e. The van der Waals surface area contributed by atoms with Gasteiger partial charge in [-0.05, 0) is 80.0 Å². The molecule has 342 valence electrons. The molecule has 0 fully saturated rings. The molecule has 4 rings (SSSR count). The maximum absolute atomic E-state index is 13.1.